The summed E-state index contributed by atoms with van der Waals surface area (Å²) < 4.78 is 0. The van der Waals surface area contributed by atoms with Crippen molar-refractivity contribution in [2.75, 3.05) is 5.32 Å². The molecular weight excluding hydrogens is 312 g/mol. The minimum Gasteiger partial charge on any atom is -0.319 e. The first kappa shape index (κ1) is 17.0. The van der Waals surface area contributed by atoms with Gasteiger partial charge >= 0.3 is 0 Å². The van der Waals surface area contributed by atoms with Gasteiger partial charge in [0.2, 0.25) is 5.91 Å². The van der Waals surface area contributed by atoms with Crippen molar-refractivity contribution in [2.45, 2.75) is 30.9 Å². The summed E-state index contributed by atoms with van der Waals surface area (Å²) in [5.74, 6) is -0.262. The molecule has 6 heteroatoms. The first-order valence-electron chi connectivity index (χ1n) is 7.16. The molecule has 2 aromatic rings. The van der Waals surface area contributed by atoms with Crippen LogP contribution in [0.5, 0.6) is 0 Å². The monoisotopic (exact) mass is 330 g/mol. The third-order valence-electron chi connectivity index (χ3n) is 3.31. The molecule has 0 fully saturated rings. The zero-order valence-electron chi connectivity index (χ0n) is 13.2. The van der Waals surface area contributed by atoms with Crippen LogP contribution in [0.4, 0.5) is 11.4 Å². The van der Waals surface area contributed by atoms with E-state index in [-0.39, 0.29) is 22.5 Å². The Balaban J connectivity index is 2.09. The smallest absolute Gasteiger partial charge is 0.293 e. The molecule has 120 valence electrons. The van der Waals surface area contributed by atoms with Crippen molar-refractivity contribution in [2.24, 2.45) is 0 Å². The van der Waals surface area contributed by atoms with E-state index in [4.69, 9.17) is 0 Å². The number of rotatable bonds is 5. The maximum atomic E-state index is 12.3. The fourth-order valence-electron chi connectivity index (χ4n) is 2.01. The van der Waals surface area contributed by atoms with Crippen LogP contribution in [0.25, 0.3) is 0 Å². The van der Waals surface area contributed by atoms with Crippen molar-refractivity contribution in [1.29, 1.82) is 0 Å². The van der Waals surface area contributed by atoms with Crippen LogP contribution in [0, 0.1) is 24.0 Å². The molecule has 0 aliphatic rings. The summed E-state index contributed by atoms with van der Waals surface area (Å²) in [6.07, 6.45) is 0. The Hall–Kier alpha value is -2.34. The van der Waals surface area contributed by atoms with Crippen LogP contribution in [-0.2, 0) is 4.79 Å². The number of hydrogen-bond acceptors (Lipinski definition) is 4. The minimum absolute atomic E-state index is 0.0918. The highest BCUT2D eigenvalue weighted by molar-refractivity contribution is 8.00. The fourth-order valence-corrected chi connectivity index (χ4v) is 2.87. The van der Waals surface area contributed by atoms with Crippen molar-refractivity contribution in [3.63, 3.8) is 0 Å². The molecule has 0 heterocycles. The van der Waals surface area contributed by atoms with E-state index in [2.05, 4.69) is 5.32 Å². The van der Waals surface area contributed by atoms with E-state index in [0.717, 1.165) is 16.0 Å². The number of nitro groups is 1. The van der Waals surface area contributed by atoms with Crippen LogP contribution in [0.1, 0.15) is 18.1 Å². The quantitative estimate of drug-likeness (QED) is 0.503. The number of amides is 1. The zero-order valence-corrected chi connectivity index (χ0v) is 14.0. The van der Waals surface area contributed by atoms with E-state index in [0.29, 0.717) is 0 Å². The lowest BCUT2D eigenvalue weighted by molar-refractivity contribution is -0.384. The molecule has 0 aliphatic heterocycles. The van der Waals surface area contributed by atoms with Gasteiger partial charge in [-0.05, 0) is 44.5 Å². The number of thioether (sulfide) groups is 1. The van der Waals surface area contributed by atoms with E-state index in [1.807, 2.05) is 31.2 Å². The molecule has 2 rings (SSSR count). The van der Waals surface area contributed by atoms with Crippen molar-refractivity contribution < 1.29 is 9.72 Å². The zero-order chi connectivity index (χ0) is 17.0. The maximum Gasteiger partial charge on any atom is 0.293 e. The summed E-state index contributed by atoms with van der Waals surface area (Å²) in [4.78, 5) is 23.9. The number of nitrogens with one attached hydrogen (secondary N) is 1. The Labute approximate surface area is 139 Å². The van der Waals surface area contributed by atoms with Gasteiger partial charge in [0.15, 0.2) is 0 Å². The van der Waals surface area contributed by atoms with Crippen molar-refractivity contribution >= 4 is 29.0 Å². The first-order chi connectivity index (χ1) is 10.9. The van der Waals surface area contributed by atoms with E-state index >= 15 is 0 Å². The maximum absolute atomic E-state index is 12.3. The number of aryl methyl sites for hydroxylation is 2. The SMILES string of the molecule is Cc1ccc(S[C@H](C)C(=O)Nc2ccc(C)cc2[N+](=O)[O-])cc1. The molecule has 0 unspecified atom stereocenters. The summed E-state index contributed by atoms with van der Waals surface area (Å²) in [7, 11) is 0. The number of anilines is 1. The van der Waals surface area contributed by atoms with Gasteiger partial charge in [0, 0.05) is 11.0 Å². The normalized spacial score (nSPS) is 11.8. The van der Waals surface area contributed by atoms with Gasteiger partial charge < -0.3 is 5.32 Å². The number of carbonyl (C=O) groups excluding carboxylic acids is 1. The van der Waals surface area contributed by atoms with Crippen LogP contribution in [0.15, 0.2) is 47.4 Å². The molecule has 2 aromatic carbocycles. The lowest BCUT2D eigenvalue weighted by Crippen LogP contribution is -2.22. The molecule has 1 N–H and O–H groups in total. The van der Waals surface area contributed by atoms with Crippen LogP contribution in [0.3, 0.4) is 0 Å². The molecule has 0 radical (unpaired) electrons. The van der Waals surface area contributed by atoms with Crippen LogP contribution < -0.4 is 5.32 Å². The first-order valence-corrected chi connectivity index (χ1v) is 8.04. The Kier molecular flexibility index (Phi) is 5.39. The van der Waals surface area contributed by atoms with Crippen LogP contribution in [-0.4, -0.2) is 16.1 Å². The minimum atomic E-state index is -0.486. The summed E-state index contributed by atoms with van der Waals surface area (Å²) in [5, 5.41) is 13.4. The lowest BCUT2D eigenvalue weighted by Gasteiger charge is -2.12. The predicted molar refractivity (Wildman–Crippen MR) is 93.0 cm³/mol. The van der Waals surface area contributed by atoms with Gasteiger partial charge in [0.05, 0.1) is 10.2 Å². The highest BCUT2D eigenvalue weighted by Gasteiger charge is 2.20. The molecule has 0 aliphatic carbocycles. The molecule has 1 atom stereocenters. The van der Waals surface area contributed by atoms with Crippen LogP contribution in [0.2, 0.25) is 0 Å². The number of benzene rings is 2. The number of hydrogen-bond donors (Lipinski definition) is 1. The number of nitro benzene ring substituents is 1. The standard InChI is InChI=1S/C17H18N2O3S/c1-11-4-7-14(8-5-11)23-13(3)17(20)18-15-9-6-12(2)10-16(15)19(21)22/h4-10,13H,1-3H3,(H,18,20)/t13-/m1/s1. The molecule has 0 aromatic heterocycles. The second-order valence-electron chi connectivity index (χ2n) is 5.34. The highest BCUT2D eigenvalue weighted by atomic mass is 32.2. The Bertz CT molecular complexity index is 729. The van der Waals surface area contributed by atoms with Crippen molar-refractivity contribution in [3.8, 4) is 0 Å². The highest BCUT2D eigenvalue weighted by Crippen LogP contribution is 2.28. The van der Waals surface area contributed by atoms with Gasteiger partial charge in [-0.3, -0.25) is 14.9 Å². The fraction of sp³-hybridized carbons (Fsp3) is 0.235. The average Bonchev–Trinajstić information content (AvgIpc) is 2.51. The molecule has 23 heavy (non-hydrogen) atoms. The third-order valence-corrected chi connectivity index (χ3v) is 4.42. The Morgan fingerprint density at radius 2 is 1.74 bits per heavy atom. The van der Waals surface area contributed by atoms with Gasteiger partial charge in [-0.1, -0.05) is 23.8 Å². The summed E-state index contributed by atoms with van der Waals surface area (Å²) in [6.45, 7) is 5.55. The summed E-state index contributed by atoms with van der Waals surface area (Å²) in [5.41, 5.74) is 2.06. The Morgan fingerprint density at radius 1 is 1.13 bits per heavy atom. The second-order valence-corrected chi connectivity index (χ2v) is 6.75. The summed E-state index contributed by atoms with van der Waals surface area (Å²) in [6, 6.07) is 12.6. The topological polar surface area (TPSA) is 72.2 Å². The molecule has 5 nitrogen and oxygen atoms in total. The van der Waals surface area contributed by atoms with Gasteiger partial charge in [-0.15, -0.1) is 11.8 Å². The largest absolute Gasteiger partial charge is 0.319 e. The number of nitrogens with zero attached hydrogens (tertiary/aromatic N) is 1. The summed E-state index contributed by atoms with van der Waals surface area (Å²) >= 11 is 1.42. The van der Waals surface area contributed by atoms with Gasteiger partial charge in [0.25, 0.3) is 5.69 Å². The van der Waals surface area contributed by atoms with Gasteiger partial charge in [0.1, 0.15) is 5.69 Å². The molecule has 0 saturated heterocycles. The molecule has 0 spiro atoms. The Morgan fingerprint density at radius 3 is 2.35 bits per heavy atom. The van der Waals surface area contributed by atoms with E-state index in [1.54, 1.807) is 26.0 Å². The molecular formula is C17H18N2O3S. The second kappa shape index (κ2) is 7.28. The average molecular weight is 330 g/mol. The van der Waals surface area contributed by atoms with E-state index in [9.17, 15) is 14.9 Å². The van der Waals surface area contributed by atoms with Crippen molar-refractivity contribution in [3.05, 3.63) is 63.7 Å². The lowest BCUT2D eigenvalue weighted by atomic mass is 10.2. The number of carbonyl (C=O) groups is 1. The third kappa shape index (κ3) is 4.56. The molecule has 0 bridgehead atoms. The van der Waals surface area contributed by atoms with E-state index in [1.165, 1.54) is 17.8 Å². The van der Waals surface area contributed by atoms with Crippen molar-refractivity contribution in [1.82, 2.24) is 0 Å². The van der Waals surface area contributed by atoms with Gasteiger partial charge in [-0.25, -0.2) is 0 Å². The molecule has 1 amide bonds. The predicted octanol–water partition coefficient (Wildman–Crippen LogP) is 4.33. The van der Waals surface area contributed by atoms with E-state index < -0.39 is 4.92 Å². The van der Waals surface area contributed by atoms with Crippen LogP contribution >= 0.6 is 11.8 Å². The molecule has 0 saturated carbocycles. The van der Waals surface area contributed by atoms with Gasteiger partial charge in [-0.2, -0.15) is 0 Å².